The summed E-state index contributed by atoms with van der Waals surface area (Å²) >= 11 is 0. The van der Waals surface area contributed by atoms with E-state index < -0.39 is 11.7 Å². The van der Waals surface area contributed by atoms with E-state index in [-0.39, 0.29) is 11.6 Å². The van der Waals surface area contributed by atoms with E-state index in [0.29, 0.717) is 22.7 Å². The molecule has 9 heteroatoms. The van der Waals surface area contributed by atoms with Gasteiger partial charge in [-0.3, -0.25) is 14.1 Å². The molecule has 0 aliphatic heterocycles. The Morgan fingerprint density at radius 2 is 1.77 bits per heavy atom. The third-order valence-electron chi connectivity index (χ3n) is 4.67. The van der Waals surface area contributed by atoms with Crippen molar-refractivity contribution in [2.75, 3.05) is 11.9 Å². The molecule has 0 unspecified atom stereocenters. The molecular formula is C21H16F3N5O. The smallest absolute Gasteiger partial charge is 0.296 e. The summed E-state index contributed by atoms with van der Waals surface area (Å²) in [6.45, 7) is 1.90. The fraction of sp³-hybridized carbons (Fsp3) is 0.143. The van der Waals surface area contributed by atoms with Gasteiger partial charge in [0, 0.05) is 25.0 Å². The zero-order chi connectivity index (χ0) is 21.5. The highest BCUT2D eigenvalue weighted by molar-refractivity contribution is 6.03. The molecule has 0 fully saturated rings. The number of carbonyl (C=O) groups is 1. The summed E-state index contributed by atoms with van der Waals surface area (Å²) in [6, 6.07) is 8.38. The van der Waals surface area contributed by atoms with E-state index in [2.05, 4.69) is 15.0 Å². The predicted octanol–water partition coefficient (Wildman–Crippen LogP) is 4.40. The lowest BCUT2D eigenvalue weighted by atomic mass is 10.1. The number of amides is 1. The number of hydrogen-bond acceptors (Lipinski definition) is 4. The highest BCUT2D eigenvalue weighted by atomic mass is 19.4. The molecule has 0 spiro atoms. The Labute approximate surface area is 169 Å². The number of aromatic nitrogens is 4. The molecule has 3 aromatic heterocycles. The van der Waals surface area contributed by atoms with Gasteiger partial charge in [0.2, 0.25) is 0 Å². The predicted molar refractivity (Wildman–Crippen MR) is 105 cm³/mol. The Morgan fingerprint density at radius 1 is 1.03 bits per heavy atom. The monoisotopic (exact) mass is 411 g/mol. The third-order valence-corrected chi connectivity index (χ3v) is 4.67. The average molecular weight is 411 g/mol. The molecule has 0 saturated carbocycles. The maximum Gasteiger partial charge on any atom is 0.416 e. The lowest BCUT2D eigenvalue weighted by Crippen LogP contribution is -2.28. The number of pyridine rings is 1. The van der Waals surface area contributed by atoms with Crippen LogP contribution in [0.5, 0.6) is 0 Å². The normalized spacial score (nSPS) is 11.6. The summed E-state index contributed by atoms with van der Waals surface area (Å²) in [4.78, 5) is 26.9. The first-order valence-electron chi connectivity index (χ1n) is 8.95. The van der Waals surface area contributed by atoms with E-state index in [1.807, 2.05) is 13.0 Å². The Kier molecular flexibility index (Phi) is 4.73. The van der Waals surface area contributed by atoms with Crippen LogP contribution >= 0.6 is 0 Å². The number of imidazole rings is 1. The highest BCUT2D eigenvalue weighted by Crippen LogP contribution is 2.31. The molecule has 0 atom stereocenters. The summed E-state index contributed by atoms with van der Waals surface area (Å²) < 4.78 is 40.1. The molecule has 4 rings (SSSR count). The van der Waals surface area contributed by atoms with Gasteiger partial charge in [-0.2, -0.15) is 13.2 Å². The van der Waals surface area contributed by atoms with Crippen LogP contribution in [0.2, 0.25) is 0 Å². The van der Waals surface area contributed by atoms with Crippen molar-refractivity contribution in [3.63, 3.8) is 0 Å². The zero-order valence-corrected chi connectivity index (χ0v) is 16.1. The minimum Gasteiger partial charge on any atom is -0.296 e. The molecule has 6 nitrogen and oxygen atoms in total. The number of rotatable bonds is 3. The lowest BCUT2D eigenvalue weighted by Gasteiger charge is -2.16. The second-order valence-corrected chi connectivity index (χ2v) is 6.77. The first-order chi connectivity index (χ1) is 14.2. The van der Waals surface area contributed by atoms with Crippen LogP contribution in [0.4, 0.5) is 19.0 Å². The molecule has 0 aliphatic carbocycles. The first-order valence-corrected chi connectivity index (χ1v) is 8.95. The van der Waals surface area contributed by atoms with Crippen LogP contribution in [0.3, 0.4) is 0 Å². The van der Waals surface area contributed by atoms with Gasteiger partial charge in [-0.05, 0) is 36.8 Å². The number of hydrogen-bond donors (Lipinski definition) is 0. The second-order valence-electron chi connectivity index (χ2n) is 6.77. The highest BCUT2D eigenvalue weighted by Gasteiger charge is 2.30. The van der Waals surface area contributed by atoms with Crippen LogP contribution in [0, 0.1) is 6.92 Å². The zero-order valence-electron chi connectivity index (χ0n) is 16.1. The largest absolute Gasteiger partial charge is 0.416 e. The number of halogens is 3. The van der Waals surface area contributed by atoms with E-state index in [1.54, 1.807) is 23.7 Å². The second kappa shape index (κ2) is 7.25. The SMILES string of the molecule is Cc1ccnc(N(C)C(=O)c2cn3c(-c4ccc(C(F)(F)F)cc4)cnc3cn2)c1. The number of carbonyl (C=O) groups excluding carboxylic acids is 1. The maximum atomic E-state index is 12.9. The minimum atomic E-state index is -4.41. The molecule has 4 aromatic rings. The van der Waals surface area contributed by atoms with Gasteiger partial charge >= 0.3 is 6.18 Å². The molecule has 0 N–H and O–H groups in total. The average Bonchev–Trinajstić information content (AvgIpc) is 3.15. The van der Waals surface area contributed by atoms with Crippen molar-refractivity contribution in [2.24, 2.45) is 0 Å². The van der Waals surface area contributed by atoms with Crippen molar-refractivity contribution in [3.05, 3.63) is 78.0 Å². The van der Waals surface area contributed by atoms with E-state index >= 15 is 0 Å². The van der Waals surface area contributed by atoms with Crippen molar-refractivity contribution < 1.29 is 18.0 Å². The van der Waals surface area contributed by atoms with Gasteiger partial charge in [-0.25, -0.2) is 15.0 Å². The van der Waals surface area contributed by atoms with Crippen LogP contribution < -0.4 is 4.90 Å². The lowest BCUT2D eigenvalue weighted by molar-refractivity contribution is -0.137. The van der Waals surface area contributed by atoms with E-state index in [0.717, 1.165) is 17.7 Å². The van der Waals surface area contributed by atoms with Crippen molar-refractivity contribution in [2.45, 2.75) is 13.1 Å². The first kappa shape index (κ1) is 19.6. The van der Waals surface area contributed by atoms with Crippen molar-refractivity contribution in [1.29, 1.82) is 0 Å². The number of alkyl halides is 3. The maximum absolute atomic E-state index is 12.9. The Morgan fingerprint density at radius 3 is 2.43 bits per heavy atom. The molecule has 0 aliphatic rings. The van der Waals surface area contributed by atoms with Gasteiger partial charge in [-0.1, -0.05) is 12.1 Å². The van der Waals surface area contributed by atoms with E-state index in [1.165, 1.54) is 35.6 Å². The molecule has 30 heavy (non-hydrogen) atoms. The van der Waals surface area contributed by atoms with Crippen molar-refractivity contribution in [1.82, 2.24) is 19.4 Å². The van der Waals surface area contributed by atoms with Crippen LogP contribution in [0.15, 0.2) is 61.2 Å². The summed E-state index contributed by atoms with van der Waals surface area (Å²) in [5.74, 6) is 0.109. The summed E-state index contributed by atoms with van der Waals surface area (Å²) in [5.41, 5.74) is 1.93. The van der Waals surface area contributed by atoms with Crippen LogP contribution in [-0.4, -0.2) is 32.3 Å². The summed E-state index contributed by atoms with van der Waals surface area (Å²) in [5, 5.41) is 0. The third kappa shape index (κ3) is 3.61. The topological polar surface area (TPSA) is 63.4 Å². The van der Waals surface area contributed by atoms with Crippen LogP contribution in [0.25, 0.3) is 16.9 Å². The van der Waals surface area contributed by atoms with Gasteiger partial charge in [0.1, 0.15) is 11.5 Å². The van der Waals surface area contributed by atoms with Gasteiger partial charge in [0.25, 0.3) is 5.91 Å². The van der Waals surface area contributed by atoms with Gasteiger partial charge in [0.05, 0.1) is 23.7 Å². The Hall–Kier alpha value is -3.75. The molecular weight excluding hydrogens is 395 g/mol. The fourth-order valence-electron chi connectivity index (χ4n) is 3.02. The molecule has 1 aromatic carbocycles. The summed E-state index contributed by atoms with van der Waals surface area (Å²) in [6.07, 6.45) is 1.70. The van der Waals surface area contributed by atoms with Gasteiger partial charge < -0.3 is 0 Å². The molecule has 152 valence electrons. The Bertz CT molecular complexity index is 1230. The van der Waals surface area contributed by atoms with Crippen molar-refractivity contribution in [3.8, 4) is 11.3 Å². The van der Waals surface area contributed by atoms with Gasteiger partial charge in [-0.15, -0.1) is 0 Å². The molecule has 0 radical (unpaired) electrons. The van der Waals surface area contributed by atoms with E-state index in [4.69, 9.17) is 0 Å². The van der Waals surface area contributed by atoms with E-state index in [9.17, 15) is 18.0 Å². The molecule has 0 saturated heterocycles. The summed E-state index contributed by atoms with van der Waals surface area (Å²) in [7, 11) is 1.60. The Balaban J connectivity index is 1.70. The molecule has 0 bridgehead atoms. The van der Waals surface area contributed by atoms with Gasteiger partial charge in [0.15, 0.2) is 5.65 Å². The number of nitrogens with zero attached hydrogens (tertiary/aromatic N) is 5. The fourth-order valence-corrected chi connectivity index (χ4v) is 3.02. The number of anilines is 1. The van der Waals surface area contributed by atoms with Crippen LogP contribution in [0.1, 0.15) is 21.6 Å². The number of fused-ring (bicyclic) bond motifs is 1. The van der Waals surface area contributed by atoms with Crippen molar-refractivity contribution >= 4 is 17.4 Å². The number of aryl methyl sites for hydroxylation is 1. The molecule has 1 amide bonds. The quantitative estimate of drug-likeness (QED) is 0.502. The number of benzene rings is 1. The van der Waals surface area contributed by atoms with Crippen LogP contribution in [-0.2, 0) is 6.18 Å². The minimum absolute atomic E-state index is 0.152. The molecule has 3 heterocycles. The standard InChI is InChI=1S/C21H16F3N5O/c1-13-7-8-25-18(9-13)28(2)20(30)16-12-29-17(10-27-19(29)11-26-16)14-3-5-15(6-4-14)21(22,23)24/h3-12H,1-2H3.